The molecule has 0 aromatic carbocycles. The van der Waals surface area contributed by atoms with Crippen LogP contribution in [-0.4, -0.2) is 36.1 Å². The average molecular weight is 223 g/mol. The molecule has 2 bridgehead atoms. The van der Waals surface area contributed by atoms with E-state index in [-0.39, 0.29) is 12.1 Å². The maximum Gasteiger partial charge on any atom is 0.333 e. The highest BCUT2D eigenvalue weighted by atomic mass is 16.5. The van der Waals surface area contributed by atoms with Crippen LogP contribution in [0.3, 0.4) is 0 Å². The van der Waals surface area contributed by atoms with Crippen molar-refractivity contribution < 1.29 is 9.53 Å². The molecule has 3 heteroatoms. The number of nitrogens with zero attached hydrogens (tertiary/aromatic N) is 1. The van der Waals surface area contributed by atoms with Gasteiger partial charge in [-0.15, -0.1) is 0 Å². The Labute approximate surface area is 97.5 Å². The first-order chi connectivity index (χ1) is 7.61. The highest BCUT2D eigenvalue weighted by molar-refractivity contribution is 5.87. The SMILES string of the molecule is C/C=C(\C)C(=O)O[C@@H]1C[C@H]2CC[C@@H](C1)N2C. The Bertz CT molecular complexity index is 297. The van der Waals surface area contributed by atoms with Gasteiger partial charge in [0, 0.05) is 30.5 Å². The van der Waals surface area contributed by atoms with Gasteiger partial charge < -0.3 is 9.64 Å². The summed E-state index contributed by atoms with van der Waals surface area (Å²) in [7, 11) is 2.19. The zero-order valence-electron chi connectivity index (χ0n) is 10.4. The molecule has 2 fully saturated rings. The molecule has 0 aromatic rings. The fourth-order valence-electron chi connectivity index (χ4n) is 2.82. The minimum Gasteiger partial charge on any atom is -0.459 e. The van der Waals surface area contributed by atoms with Crippen molar-refractivity contribution in [3.05, 3.63) is 11.6 Å². The smallest absolute Gasteiger partial charge is 0.333 e. The minimum atomic E-state index is -0.142. The molecule has 2 heterocycles. The second kappa shape index (κ2) is 4.58. The Hall–Kier alpha value is -0.830. The number of rotatable bonds is 2. The number of carbonyl (C=O) groups excluding carboxylic acids is 1. The molecule has 90 valence electrons. The second-order valence-corrected chi connectivity index (χ2v) is 5.02. The number of hydrogen-bond acceptors (Lipinski definition) is 3. The third kappa shape index (κ3) is 2.14. The Morgan fingerprint density at radius 1 is 1.31 bits per heavy atom. The standard InChI is InChI=1S/C13H21NO2/c1-4-9(2)13(15)16-12-7-10-5-6-11(8-12)14(10)3/h4,10-12H,5-8H2,1-3H3/b9-4+/t10-,11+,12-. The molecule has 2 aliphatic heterocycles. The van der Waals surface area contributed by atoms with Crippen LogP contribution < -0.4 is 0 Å². The molecule has 0 radical (unpaired) electrons. The molecule has 0 unspecified atom stereocenters. The van der Waals surface area contributed by atoms with E-state index in [1.165, 1.54) is 12.8 Å². The minimum absolute atomic E-state index is 0.135. The van der Waals surface area contributed by atoms with E-state index >= 15 is 0 Å². The molecule has 3 atom stereocenters. The van der Waals surface area contributed by atoms with Gasteiger partial charge in [0.25, 0.3) is 0 Å². The van der Waals surface area contributed by atoms with Crippen LogP contribution in [-0.2, 0) is 9.53 Å². The van der Waals surface area contributed by atoms with Crippen molar-refractivity contribution in [2.24, 2.45) is 0 Å². The molecule has 0 aromatic heterocycles. The summed E-state index contributed by atoms with van der Waals surface area (Å²) in [6.07, 6.45) is 6.49. The molecular weight excluding hydrogens is 202 g/mol. The number of carbonyl (C=O) groups is 1. The van der Waals surface area contributed by atoms with Crippen molar-refractivity contribution in [1.82, 2.24) is 4.90 Å². The van der Waals surface area contributed by atoms with Crippen LogP contribution >= 0.6 is 0 Å². The summed E-state index contributed by atoms with van der Waals surface area (Å²) in [4.78, 5) is 14.1. The molecule has 0 spiro atoms. The topological polar surface area (TPSA) is 29.5 Å². The van der Waals surface area contributed by atoms with Gasteiger partial charge in [-0.3, -0.25) is 0 Å². The summed E-state index contributed by atoms with van der Waals surface area (Å²) in [6, 6.07) is 1.25. The molecule has 2 aliphatic rings. The van der Waals surface area contributed by atoms with E-state index in [0.29, 0.717) is 17.7 Å². The second-order valence-electron chi connectivity index (χ2n) is 5.02. The lowest BCUT2D eigenvalue weighted by Crippen LogP contribution is -2.43. The van der Waals surface area contributed by atoms with Gasteiger partial charge in [-0.05, 0) is 33.7 Å². The Morgan fingerprint density at radius 2 is 1.88 bits per heavy atom. The Morgan fingerprint density at radius 3 is 2.38 bits per heavy atom. The van der Waals surface area contributed by atoms with E-state index in [0.717, 1.165) is 12.8 Å². The van der Waals surface area contributed by atoms with E-state index in [1.54, 1.807) is 0 Å². The van der Waals surface area contributed by atoms with E-state index in [9.17, 15) is 4.79 Å². The normalized spacial score (nSPS) is 35.2. The van der Waals surface area contributed by atoms with Crippen LogP contribution in [0.5, 0.6) is 0 Å². The van der Waals surface area contributed by atoms with Gasteiger partial charge in [-0.25, -0.2) is 4.79 Å². The van der Waals surface area contributed by atoms with Gasteiger partial charge in [-0.1, -0.05) is 6.08 Å². The fraction of sp³-hybridized carbons (Fsp3) is 0.769. The number of hydrogen-bond donors (Lipinski definition) is 0. The molecule has 16 heavy (non-hydrogen) atoms. The zero-order valence-corrected chi connectivity index (χ0v) is 10.4. The average Bonchev–Trinajstić information content (AvgIpc) is 2.52. The first-order valence-electron chi connectivity index (χ1n) is 6.17. The van der Waals surface area contributed by atoms with Crippen LogP contribution in [0.4, 0.5) is 0 Å². The lowest BCUT2D eigenvalue weighted by molar-refractivity contribution is -0.147. The van der Waals surface area contributed by atoms with Crippen molar-refractivity contribution in [1.29, 1.82) is 0 Å². The fourth-order valence-corrected chi connectivity index (χ4v) is 2.82. The Kier molecular flexibility index (Phi) is 3.33. The van der Waals surface area contributed by atoms with Crippen LogP contribution in [0.15, 0.2) is 11.6 Å². The summed E-state index contributed by atoms with van der Waals surface area (Å²) in [5, 5.41) is 0. The molecule has 0 aliphatic carbocycles. The molecule has 3 nitrogen and oxygen atoms in total. The number of ether oxygens (including phenoxy) is 1. The molecule has 0 N–H and O–H groups in total. The van der Waals surface area contributed by atoms with Crippen molar-refractivity contribution in [3.63, 3.8) is 0 Å². The lowest BCUT2D eigenvalue weighted by atomic mass is 10.0. The van der Waals surface area contributed by atoms with E-state index in [1.807, 2.05) is 19.9 Å². The van der Waals surface area contributed by atoms with E-state index in [4.69, 9.17) is 4.74 Å². The van der Waals surface area contributed by atoms with Crippen LogP contribution in [0.2, 0.25) is 0 Å². The van der Waals surface area contributed by atoms with Crippen LogP contribution in [0, 0.1) is 0 Å². The largest absolute Gasteiger partial charge is 0.459 e. The molecular formula is C13H21NO2. The van der Waals surface area contributed by atoms with Gasteiger partial charge in [0.15, 0.2) is 0 Å². The zero-order chi connectivity index (χ0) is 11.7. The molecule has 2 rings (SSSR count). The number of piperidine rings is 1. The predicted molar refractivity (Wildman–Crippen MR) is 63.1 cm³/mol. The maximum absolute atomic E-state index is 11.7. The summed E-state index contributed by atoms with van der Waals surface area (Å²) in [5.74, 6) is -0.142. The number of esters is 1. The van der Waals surface area contributed by atoms with Gasteiger partial charge in [-0.2, -0.15) is 0 Å². The summed E-state index contributed by atoms with van der Waals surface area (Å²) in [5.41, 5.74) is 0.714. The van der Waals surface area contributed by atoms with Crippen molar-refractivity contribution in [3.8, 4) is 0 Å². The quantitative estimate of drug-likeness (QED) is 0.530. The number of allylic oxidation sites excluding steroid dienone is 1. The van der Waals surface area contributed by atoms with Crippen molar-refractivity contribution in [2.75, 3.05) is 7.05 Å². The predicted octanol–water partition coefficient (Wildman–Crippen LogP) is 2.12. The highest BCUT2D eigenvalue weighted by Crippen LogP contribution is 2.35. The lowest BCUT2D eigenvalue weighted by Gasteiger charge is -2.35. The first-order valence-corrected chi connectivity index (χ1v) is 6.17. The van der Waals surface area contributed by atoms with Crippen molar-refractivity contribution in [2.45, 2.75) is 57.7 Å². The highest BCUT2D eigenvalue weighted by Gasteiger charge is 2.39. The molecule has 0 saturated carbocycles. The van der Waals surface area contributed by atoms with E-state index in [2.05, 4.69) is 11.9 Å². The van der Waals surface area contributed by atoms with E-state index < -0.39 is 0 Å². The summed E-state index contributed by atoms with van der Waals surface area (Å²) < 4.78 is 5.54. The van der Waals surface area contributed by atoms with Gasteiger partial charge in [0.2, 0.25) is 0 Å². The van der Waals surface area contributed by atoms with Crippen molar-refractivity contribution >= 4 is 5.97 Å². The molecule has 0 amide bonds. The monoisotopic (exact) mass is 223 g/mol. The number of fused-ring (bicyclic) bond motifs is 2. The Balaban J connectivity index is 1.92. The first kappa shape index (κ1) is 11.6. The third-order valence-electron chi connectivity index (χ3n) is 4.08. The van der Waals surface area contributed by atoms with Gasteiger partial charge >= 0.3 is 5.97 Å². The molecule has 2 saturated heterocycles. The third-order valence-corrected chi connectivity index (χ3v) is 4.08. The van der Waals surface area contributed by atoms with Gasteiger partial charge in [0.1, 0.15) is 6.10 Å². The van der Waals surface area contributed by atoms with Crippen LogP contribution in [0.25, 0.3) is 0 Å². The van der Waals surface area contributed by atoms with Crippen LogP contribution in [0.1, 0.15) is 39.5 Å². The summed E-state index contributed by atoms with van der Waals surface area (Å²) in [6.45, 7) is 3.68. The summed E-state index contributed by atoms with van der Waals surface area (Å²) >= 11 is 0. The van der Waals surface area contributed by atoms with Gasteiger partial charge in [0.05, 0.1) is 0 Å². The maximum atomic E-state index is 11.7.